The standard InChI is InChI=1S/C19H23N5OS/c20-10-12-3-5-13(6-4-12)11-22-19(25)14-7-8-21-18-16(14)23-17(24-18)15-2-1-9-26-15/h1-2,7-9,12-13H,3-6,10-11,20H2,(H,22,25)(H,21,23,24). The minimum atomic E-state index is -0.0697. The Morgan fingerprint density at radius 1 is 1.27 bits per heavy atom. The molecule has 6 nitrogen and oxygen atoms in total. The molecule has 26 heavy (non-hydrogen) atoms. The molecule has 0 aliphatic heterocycles. The molecule has 7 heteroatoms. The van der Waals surface area contributed by atoms with E-state index >= 15 is 0 Å². The van der Waals surface area contributed by atoms with Crippen LogP contribution in [0, 0.1) is 11.8 Å². The number of pyridine rings is 1. The van der Waals surface area contributed by atoms with E-state index in [2.05, 4.69) is 20.3 Å². The molecule has 1 aliphatic rings. The summed E-state index contributed by atoms with van der Waals surface area (Å²) in [5.41, 5.74) is 7.62. The summed E-state index contributed by atoms with van der Waals surface area (Å²) in [4.78, 5) is 25.8. The fraction of sp³-hybridized carbons (Fsp3) is 0.421. The summed E-state index contributed by atoms with van der Waals surface area (Å²) < 4.78 is 0. The van der Waals surface area contributed by atoms with Gasteiger partial charge in [0.2, 0.25) is 0 Å². The van der Waals surface area contributed by atoms with Crippen molar-refractivity contribution >= 4 is 28.4 Å². The molecule has 3 aromatic rings. The number of aromatic nitrogens is 3. The molecule has 136 valence electrons. The van der Waals surface area contributed by atoms with Crippen LogP contribution in [0.3, 0.4) is 0 Å². The molecule has 1 fully saturated rings. The molecule has 4 rings (SSSR count). The number of rotatable bonds is 5. The number of carbonyl (C=O) groups is 1. The predicted molar refractivity (Wildman–Crippen MR) is 104 cm³/mol. The number of nitrogens with one attached hydrogen (secondary N) is 2. The highest BCUT2D eigenvalue weighted by Crippen LogP contribution is 2.28. The van der Waals surface area contributed by atoms with Gasteiger partial charge in [0.05, 0.1) is 16.0 Å². The molecule has 3 aromatic heterocycles. The monoisotopic (exact) mass is 369 g/mol. The molecule has 0 aromatic carbocycles. The lowest BCUT2D eigenvalue weighted by molar-refractivity contribution is 0.0943. The highest BCUT2D eigenvalue weighted by Gasteiger charge is 2.21. The van der Waals surface area contributed by atoms with Crippen LogP contribution in [0.25, 0.3) is 21.9 Å². The molecule has 4 N–H and O–H groups in total. The highest BCUT2D eigenvalue weighted by atomic mass is 32.1. The summed E-state index contributed by atoms with van der Waals surface area (Å²) in [6, 6.07) is 5.73. The predicted octanol–water partition coefficient (Wildman–Crippen LogP) is 3.18. The Labute approximate surface area is 156 Å². The molecule has 0 radical (unpaired) electrons. The molecular weight excluding hydrogens is 346 g/mol. The highest BCUT2D eigenvalue weighted by molar-refractivity contribution is 7.13. The number of amides is 1. The molecule has 0 bridgehead atoms. The fourth-order valence-corrected chi connectivity index (χ4v) is 4.30. The number of nitrogens with zero attached hydrogens (tertiary/aromatic N) is 2. The summed E-state index contributed by atoms with van der Waals surface area (Å²) >= 11 is 1.61. The summed E-state index contributed by atoms with van der Waals surface area (Å²) in [7, 11) is 0. The average Bonchev–Trinajstić information content (AvgIpc) is 3.35. The normalized spacial score (nSPS) is 20.3. The summed E-state index contributed by atoms with van der Waals surface area (Å²) in [6.07, 6.45) is 6.26. The summed E-state index contributed by atoms with van der Waals surface area (Å²) in [5.74, 6) is 1.88. The van der Waals surface area contributed by atoms with Crippen molar-refractivity contribution in [3.8, 4) is 10.7 Å². The van der Waals surface area contributed by atoms with Crippen molar-refractivity contribution in [1.29, 1.82) is 0 Å². The third-order valence-corrected chi connectivity index (χ3v) is 6.12. The Hall–Kier alpha value is -2.25. The number of aromatic amines is 1. The van der Waals surface area contributed by atoms with Gasteiger partial charge >= 0.3 is 0 Å². The van der Waals surface area contributed by atoms with Crippen molar-refractivity contribution in [2.75, 3.05) is 13.1 Å². The number of carbonyl (C=O) groups excluding carboxylic acids is 1. The van der Waals surface area contributed by atoms with E-state index < -0.39 is 0 Å². The maximum Gasteiger partial charge on any atom is 0.253 e. The lowest BCUT2D eigenvalue weighted by Gasteiger charge is -2.27. The molecule has 1 aliphatic carbocycles. The second-order valence-corrected chi connectivity index (χ2v) is 7.90. The molecule has 1 amide bonds. The number of H-pyrrole nitrogens is 1. The molecule has 0 unspecified atom stereocenters. The van der Waals surface area contributed by atoms with Gasteiger partial charge in [-0.05, 0) is 61.6 Å². The van der Waals surface area contributed by atoms with Gasteiger partial charge in [-0.2, -0.15) is 0 Å². The minimum Gasteiger partial charge on any atom is -0.352 e. The van der Waals surface area contributed by atoms with Gasteiger partial charge in [-0.1, -0.05) is 6.07 Å². The van der Waals surface area contributed by atoms with E-state index in [-0.39, 0.29) is 5.91 Å². The lowest BCUT2D eigenvalue weighted by atomic mass is 9.82. The van der Waals surface area contributed by atoms with Crippen LogP contribution in [-0.4, -0.2) is 33.9 Å². The Morgan fingerprint density at radius 3 is 2.81 bits per heavy atom. The Kier molecular flexibility index (Phi) is 4.99. The zero-order valence-corrected chi connectivity index (χ0v) is 15.4. The molecule has 0 saturated heterocycles. The smallest absolute Gasteiger partial charge is 0.253 e. The Morgan fingerprint density at radius 2 is 2.08 bits per heavy atom. The lowest BCUT2D eigenvalue weighted by Crippen LogP contribution is -2.32. The number of thiophene rings is 1. The van der Waals surface area contributed by atoms with Gasteiger partial charge in [-0.25, -0.2) is 9.97 Å². The SMILES string of the molecule is NCC1CCC(CNC(=O)c2ccnc3nc(-c4cccs4)[nH]c23)CC1. The van der Waals surface area contributed by atoms with Crippen LogP contribution in [0.4, 0.5) is 0 Å². The van der Waals surface area contributed by atoms with Crippen LogP contribution >= 0.6 is 11.3 Å². The van der Waals surface area contributed by atoms with Crippen LogP contribution in [0.5, 0.6) is 0 Å². The first-order valence-corrected chi connectivity index (χ1v) is 9.99. The quantitative estimate of drug-likeness (QED) is 0.643. The maximum absolute atomic E-state index is 12.7. The summed E-state index contributed by atoms with van der Waals surface area (Å²) in [6.45, 7) is 1.49. The minimum absolute atomic E-state index is 0.0697. The topological polar surface area (TPSA) is 96.7 Å². The third-order valence-electron chi connectivity index (χ3n) is 5.24. The largest absolute Gasteiger partial charge is 0.352 e. The maximum atomic E-state index is 12.7. The molecule has 1 saturated carbocycles. The van der Waals surface area contributed by atoms with Crippen molar-refractivity contribution in [2.45, 2.75) is 25.7 Å². The number of hydrogen-bond acceptors (Lipinski definition) is 5. The summed E-state index contributed by atoms with van der Waals surface area (Å²) in [5, 5.41) is 5.10. The van der Waals surface area contributed by atoms with Gasteiger partial charge in [0.15, 0.2) is 11.5 Å². The van der Waals surface area contributed by atoms with Crippen LogP contribution < -0.4 is 11.1 Å². The Bertz CT molecular complexity index is 881. The molecule has 0 spiro atoms. The van der Waals surface area contributed by atoms with Gasteiger partial charge in [0.25, 0.3) is 5.91 Å². The molecular formula is C19H23N5OS. The van der Waals surface area contributed by atoms with E-state index in [1.165, 1.54) is 12.8 Å². The van der Waals surface area contributed by atoms with E-state index in [9.17, 15) is 4.79 Å². The Balaban J connectivity index is 1.47. The van der Waals surface area contributed by atoms with Gasteiger partial charge < -0.3 is 16.0 Å². The first-order valence-electron chi connectivity index (χ1n) is 9.11. The van der Waals surface area contributed by atoms with Gasteiger partial charge in [0, 0.05) is 12.7 Å². The third kappa shape index (κ3) is 3.50. The number of nitrogens with two attached hydrogens (primary N) is 1. The van der Waals surface area contributed by atoms with E-state index in [0.29, 0.717) is 35.1 Å². The van der Waals surface area contributed by atoms with E-state index in [0.717, 1.165) is 30.1 Å². The zero-order valence-electron chi connectivity index (χ0n) is 14.6. The van der Waals surface area contributed by atoms with Gasteiger partial charge in [0.1, 0.15) is 0 Å². The van der Waals surface area contributed by atoms with Gasteiger partial charge in [-0.3, -0.25) is 4.79 Å². The van der Waals surface area contributed by atoms with E-state index in [1.807, 2.05) is 17.5 Å². The fourth-order valence-electron chi connectivity index (χ4n) is 3.63. The van der Waals surface area contributed by atoms with E-state index in [1.54, 1.807) is 23.6 Å². The second-order valence-electron chi connectivity index (χ2n) is 6.95. The van der Waals surface area contributed by atoms with Crippen molar-refractivity contribution in [1.82, 2.24) is 20.3 Å². The number of imidazole rings is 1. The van der Waals surface area contributed by atoms with Crippen LogP contribution in [-0.2, 0) is 0 Å². The van der Waals surface area contributed by atoms with Crippen LogP contribution in [0.1, 0.15) is 36.0 Å². The van der Waals surface area contributed by atoms with Crippen molar-refractivity contribution in [3.63, 3.8) is 0 Å². The van der Waals surface area contributed by atoms with Crippen molar-refractivity contribution in [3.05, 3.63) is 35.3 Å². The first kappa shape index (κ1) is 17.2. The van der Waals surface area contributed by atoms with Gasteiger partial charge in [-0.15, -0.1) is 11.3 Å². The molecule has 0 atom stereocenters. The molecule has 3 heterocycles. The van der Waals surface area contributed by atoms with Crippen LogP contribution in [0.15, 0.2) is 29.8 Å². The second kappa shape index (κ2) is 7.55. The number of hydrogen-bond donors (Lipinski definition) is 3. The van der Waals surface area contributed by atoms with E-state index in [4.69, 9.17) is 5.73 Å². The average molecular weight is 369 g/mol. The van der Waals surface area contributed by atoms with Crippen molar-refractivity contribution < 1.29 is 4.79 Å². The zero-order chi connectivity index (χ0) is 17.9. The first-order chi connectivity index (χ1) is 12.7. The van der Waals surface area contributed by atoms with Crippen LogP contribution in [0.2, 0.25) is 0 Å². The number of fused-ring (bicyclic) bond motifs is 1. The van der Waals surface area contributed by atoms with Crippen molar-refractivity contribution in [2.24, 2.45) is 17.6 Å².